The van der Waals surface area contributed by atoms with E-state index >= 15 is 0 Å². The predicted molar refractivity (Wildman–Crippen MR) is 75.1 cm³/mol. The zero-order valence-corrected chi connectivity index (χ0v) is 11.2. The van der Waals surface area contributed by atoms with E-state index in [-0.39, 0.29) is 5.91 Å². The third-order valence-electron chi connectivity index (χ3n) is 3.33. The average Bonchev–Trinajstić information content (AvgIpc) is 2.88. The minimum Gasteiger partial charge on any atom is -0.347 e. The van der Waals surface area contributed by atoms with Crippen LogP contribution in [0.1, 0.15) is 31.2 Å². The molecule has 20 heavy (non-hydrogen) atoms. The summed E-state index contributed by atoms with van der Waals surface area (Å²) in [7, 11) is 0. The molecule has 0 saturated heterocycles. The highest BCUT2D eigenvalue weighted by Gasteiger charge is 2.03. The lowest BCUT2D eigenvalue weighted by Gasteiger charge is -2.05. The van der Waals surface area contributed by atoms with Crippen molar-refractivity contribution in [1.82, 2.24) is 10.0 Å². The maximum atomic E-state index is 10.8. The number of carbonyl (C=O) groups excluding carboxylic acids is 1. The second kappa shape index (κ2) is 6.73. The Kier molecular flexibility index (Phi) is 4.75. The maximum absolute atomic E-state index is 10.8. The molecule has 0 spiro atoms. The van der Waals surface area contributed by atoms with Crippen LogP contribution in [0.4, 0.5) is 0 Å². The molecule has 2 rings (SSSR count). The fourth-order valence-electron chi connectivity index (χ4n) is 2.27. The molecule has 0 unspecified atom stereocenters. The molecule has 104 valence electrons. The van der Waals surface area contributed by atoms with Gasteiger partial charge in [-0.15, -0.1) is 0 Å². The molecule has 1 aromatic carbocycles. The Morgan fingerprint density at radius 2 is 2.15 bits per heavy atom. The second-order valence-electron chi connectivity index (χ2n) is 4.74. The fraction of sp³-hybridized carbons (Fsp3) is 0.333. The number of carbonyl (C=O) groups is 1. The third kappa shape index (κ3) is 3.37. The molecule has 0 atom stereocenters. The molecule has 0 aliphatic carbocycles. The predicted octanol–water partition coefficient (Wildman–Crippen LogP) is 2.58. The number of hydrogen-bond acceptors (Lipinski definition) is 3. The highest BCUT2D eigenvalue weighted by Crippen LogP contribution is 2.18. The van der Waals surface area contributed by atoms with E-state index in [4.69, 9.17) is 10.5 Å². The topological polar surface area (TPSA) is 78.0 Å². The van der Waals surface area contributed by atoms with Gasteiger partial charge in [-0.2, -0.15) is 5.26 Å². The second-order valence-corrected chi connectivity index (χ2v) is 4.74. The number of aryl methyl sites for hydroxylation is 1. The highest BCUT2D eigenvalue weighted by molar-refractivity contribution is 5.81. The van der Waals surface area contributed by atoms with Gasteiger partial charge in [0.1, 0.15) is 0 Å². The number of unbranched alkanes of at least 4 members (excludes halogenated alkanes) is 2. The van der Waals surface area contributed by atoms with E-state index in [2.05, 4.69) is 10.6 Å². The smallest absolute Gasteiger partial charge is 0.243 e. The van der Waals surface area contributed by atoms with Gasteiger partial charge in [0.2, 0.25) is 5.91 Å². The van der Waals surface area contributed by atoms with Crippen molar-refractivity contribution in [3.05, 3.63) is 36.0 Å². The lowest BCUT2D eigenvalue weighted by atomic mass is 10.1. The summed E-state index contributed by atoms with van der Waals surface area (Å²) in [5.74, 6) is -0.333. The van der Waals surface area contributed by atoms with Crippen molar-refractivity contribution in [2.24, 2.45) is 0 Å². The Morgan fingerprint density at radius 1 is 1.30 bits per heavy atom. The van der Waals surface area contributed by atoms with Gasteiger partial charge in [0.05, 0.1) is 11.6 Å². The Balaban J connectivity index is 1.88. The first-order valence-corrected chi connectivity index (χ1v) is 6.66. The van der Waals surface area contributed by atoms with Crippen molar-refractivity contribution in [3.63, 3.8) is 0 Å². The average molecular weight is 271 g/mol. The molecule has 5 nitrogen and oxygen atoms in total. The zero-order chi connectivity index (χ0) is 14.4. The van der Waals surface area contributed by atoms with Gasteiger partial charge >= 0.3 is 0 Å². The van der Waals surface area contributed by atoms with E-state index in [1.165, 1.54) is 0 Å². The van der Waals surface area contributed by atoms with E-state index in [9.17, 15) is 4.79 Å². The van der Waals surface area contributed by atoms with Gasteiger partial charge < -0.3 is 4.57 Å². The summed E-state index contributed by atoms with van der Waals surface area (Å²) in [5, 5.41) is 18.3. The van der Waals surface area contributed by atoms with Gasteiger partial charge in [0, 0.05) is 30.1 Å². The van der Waals surface area contributed by atoms with Crippen molar-refractivity contribution < 1.29 is 10.0 Å². The van der Waals surface area contributed by atoms with Gasteiger partial charge in [-0.3, -0.25) is 10.0 Å². The first-order valence-electron chi connectivity index (χ1n) is 6.66. The molecule has 0 bridgehead atoms. The molecular formula is C15H17N3O2. The van der Waals surface area contributed by atoms with Crippen LogP contribution in [0.3, 0.4) is 0 Å². The molecule has 0 radical (unpaired) electrons. The number of amides is 1. The number of hydrogen-bond donors (Lipinski definition) is 2. The number of nitrogens with zero attached hydrogens (tertiary/aromatic N) is 2. The van der Waals surface area contributed by atoms with Crippen molar-refractivity contribution in [1.29, 1.82) is 5.26 Å². The van der Waals surface area contributed by atoms with Crippen LogP contribution in [0.5, 0.6) is 0 Å². The molecule has 0 aliphatic heterocycles. The van der Waals surface area contributed by atoms with Crippen LogP contribution in [-0.2, 0) is 11.3 Å². The van der Waals surface area contributed by atoms with Gasteiger partial charge in [-0.1, -0.05) is 6.42 Å². The number of hydroxylamine groups is 1. The van der Waals surface area contributed by atoms with Gasteiger partial charge in [0.15, 0.2) is 0 Å². The lowest BCUT2D eigenvalue weighted by Crippen LogP contribution is -2.17. The van der Waals surface area contributed by atoms with Crippen LogP contribution in [0, 0.1) is 11.3 Å². The Hall–Kier alpha value is -2.32. The summed E-state index contributed by atoms with van der Waals surface area (Å²) in [5.41, 5.74) is 3.43. The minimum absolute atomic E-state index is 0.333. The van der Waals surface area contributed by atoms with Crippen LogP contribution in [0.25, 0.3) is 10.9 Å². The molecule has 1 heterocycles. The molecule has 0 saturated carbocycles. The third-order valence-corrected chi connectivity index (χ3v) is 3.33. The van der Waals surface area contributed by atoms with Crippen molar-refractivity contribution in [2.45, 2.75) is 32.2 Å². The monoisotopic (exact) mass is 271 g/mol. The van der Waals surface area contributed by atoms with Crippen molar-refractivity contribution in [3.8, 4) is 6.07 Å². The van der Waals surface area contributed by atoms with E-state index < -0.39 is 0 Å². The number of benzene rings is 1. The first-order chi connectivity index (χ1) is 9.74. The normalized spacial score (nSPS) is 10.4. The van der Waals surface area contributed by atoms with Crippen molar-refractivity contribution in [2.75, 3.05) is 0 Å². The van der Waals surface area contributed by atoms with E-state index in [1.807, 2.05) is 30.5 Å². The van der Waals surface area contributed by atoms with Crippen molar-refractivity contribution >= 4 is 16.8 Å². The summed E-state index contributed by atoms with van der Waals surface area (Å²) in [6, 6.07) is 9.82. The zero-order valence-electron chi connectivity index (χ0n) is 11.2. The van der Waals surface area contributed by atoms with Gasteiger partial charge in [-0.25, -0.2) is 5.48 Å². The number of nitrogens with one attached hydrogen (secondary N) is 1. The largest absolute Gasteiger partial charge is 0.347 e. The lowest BCUT2D eigenvalue weighted by molar-refractivity contribution is -0.129. The minimum atomic E-state index is -0.333. The SMILES string of the molecule is N#Cc1ccc2c(ccn2CCCCCC(=O)NO)c1. The van der Waals surface area contributed by atoms with Crippen LogP contribution in [0.15, 0.2) is 30.5 Å². The first kappa shape index (κ1) is 14.1. The number of aromatic nitrogens is 1. The van der Waals surface area contributed by atoms with Crippen LogP contribution >= 0.6 is 0 Å². The molecule has 0 aliphatic rings. The number of rotatable bonds is 6. The Morgan fingerprint density at radius 3 is 2.90 bits per heavy atom. The van der Waals surface area contributed by atoms with Gasteiger partial charge in [-0.05, 0) is 37.1 Å². The summed E-state index contributed by atoms with van der Waals surface area (Å²) in [6.07, 6.45) is 5.05. The Labute approximate surface area is 117 Å². The van der Waals surface area contributed by atoms with Gasteiger partial charge in [0.25, 0.3) is 0 Å². The molecule has 1 aromatic heterocycles. The van der Waals surface area contributed by atoms with E-state index in [0.29, 0.717) is 12.0 Å². The summed E-state index contributed by atoms with van der Waals surface area (Å²) < 4.78 is 2.16. The molecular weight excluding hydrogens is 254 g/mol. The van der Waals surface area contributed by atoms with E-state index in [0.717, 1.165) is 36.7 Å². The fourth-order valence-corrected chi connectivity index (χ4v) is 2.27. The Bertz CT molecular complexity index is 640. The summed E-state index contributed by atoms with van der Waals surface area (Å²) >= 11 is 0. The van der Waals surface area contributed by atoms with Crippen LogP contribution in [0.2, 0.25) is 0 Å². The molecule has 1 amide bonds. The number of nitriles is 1. The molecule has 0 fully saturated rings. The molecule has 5 heteroatoms. The molecule has 2 N–H and O–H groups in total. The standard InChI is InChI=1S/C15H17N3O2/c16-11-12-5-6-14-13(10-12)7-9-18(14)8-3-1-2-4-15(19)17-20/h5-7,9-10,20H,1-4,8H2,(H,17,19). The summed E-state index contributed by atoms with van der Waals surface area (Å²) in [4.78, 5) is 10.8. The quantitative estimate of drug-likeness (QED) is 0.481. The van der Waals surface area contributed by atoms with Crippen LogP contribution in [-0.4, -0.2) is 15.7 Å². The highest BCUT2D eigenvalue weighted by atomic mass is 16.5. The maximum Gasteiger partial charge on any atom is 0.243 e. The number of fused-ring (bicyclic) bond motifs is 1. The molecule has 2 aromatic rings. The van der Waals surface area contributed by atoms with E-state index in [1.54, 1.807) is 5.48 Å². The summed E-state index contributed by atoms with van der Waals surface area (Å²) in [6.45, 7) is 0.885. The van der Waals surface area contributed by atoms with Crippen LogP contribution < -0.4 is 5.48 Å².